The van der Waals surface area contributed by atoms with E-state index in [4.69, 9.17) is 0 Å². The highest BCUT2D eigenvalue weighted by Gasteiger charge is 2.60. The summed E-state index contributed by atoms with van der Waals surface area (Å²) in [5.41, 5.74) is 3.06. The van der Waals surface area contributed by atoms with E-state index < -0.39 is 0 Å². The van der Waals surface area contributed by atoms with Crippen molar-refractivity contribution in [2.75, 3.05) is 0 Å². The summed E-state index contributed by atoms with van der Waals surface area (Å²) in [7, 11) is 0. The first-order chi connectivity index (χ1) is 13.5. The zero-order valence-electron chi connectivity index (χ0n) is 18.0. The third kappa shape index (κ3) is 2.61. The van der Waals surface area contributed by atoms with Gasteiger partial charge in [-0.15, -0.1) is 0 Å². The molecule has 3 heteroatoms. The Morgan fingerprint density at radius 1 is 1.11 bits per heavy atom. The molecule has 0 aliphatic heterocycles. The van der Waals surface area contributed by atoms with Crippen LogP contribution in [0.2, 0.25) is 0 Å². The second kappa shape index (κ2) is 6.72. The molecule has 7 unspecified atom stereocenters. The summed E-state index contributed by atoms with van der Waals surface area (Å²) in [4.78, 5) is 0. The molecule has 4 aliphatic rings. The third-order valence-corrected chi connectivity index (χ3v) is 9.83. The van der Waals surface area contributed by atoms with Crippen molar-refractivity contribution in [3.8, 4) is 0 Å². The van der Waals surface area contributed by atoms with Gasteiger partial charge in [-0.1, -0.05) is 26.7 Å². The molecule has 0 spiro atoms. The fourth-order valence-electron chi connectivity index (χ4n) is 8.21. The van der Waals surface area contributed by atoms with Crippen molar-refractivity contribution in [2.45, 2.75) is 91.2 Å². The van der Waals surface area contributed by atoms with Crippen LogP contribution in [0.3, 0.4) is 0 Å². The van der Waals surface area contributed by atoms with Gasteiger partial charge >= 0.3 is 0 Å². The molecule has 0 bridgehead atoms. The Morgan fingerprint density at radius 3 is 2.79 bits per heavy atom. The van der Waals surface area contributed by atoms with Crippen molar-refractivity contribution < 1.29 is 5.11 Å². The first kappa shape index (κ1) is 18.9. The minimum absolute atomic E-state index is 0.0714. The second-order valence-corrected chi connectivity index (χ2v) is 10.8. The zero-order chi connectivity index (χ0) is 19.5. The second-order valence-electron chi connectivity index (χ2n) is 10.8. The number of aryl methyl sites for hydroxylation is 1. The molecule has 3 nitrogen and oxygen atoms in total. The summed E-state index contributed by atoms with van der Waals surface area (Å²) < 4.78 is 2.04. The van der Waals surface area contributed by atoms with Crippen LogP contribution in [0.1, 0.15) is 84.3 Å². The number of rotatable bonds is 2. The molecule has 5 rings (SSSR count). The topological polar surface area (TPSA) is 38.0 Å². The standard InChI is InChI=1S/C25H38N2O/c1-4-27-19(11-14-26-27)15-17-16-22-20-9-8-18-7-5-6-12-24(18,2)21(20)10-13-25(22,3)23(17)28/h11,14-15,18,20-23,28H,4-10,12-13,16H2,1-3H3/b17-15-. The lowest BCUT2D eigenvalue weighted by Gasteiger charge is -2.60. The van der Waals surface area contributed by atoms with Crippen molar-refractivity contribution in [1.29, 1.82) is 0 Å². The van der Waals surface area contributed by atoms with Gasteiger partial charge in [-0.05, 0) is 98.7 Å². The lowest BCUT2D eigenvalue weighted by atomic mass is 9.45. The smallest absolute Gasteiger partial charge is 0.0810 e. The van der Waals surface area contributed by atoms with Crippen LogP contribution in [0.15, 0.2) is 17.8 Å². The summed E-state index contributed by atoms with van der Waals surface area (Å²) in [5.74, 6) is 3.32. The molecule has 1 aromatic heterocycles. The molecular weight excluding hydrogens is 344 g/mol. The van der Waals surface area contributed by atoms with Crippen molar-refractivity contribution in [1.82, 2.24) is 9.78 Å². The largest absolute Gasteiger partial charge is 0.388 e. The highest BCUT2D eigenvalue weighted by Crippen LogP contribution is 2.67. The molecule has 0 aromatic carbocycles. The summed E-state index contributed by atoms with van der Waals surface area (Å²) in [5, 5.41) is 15.8. The van der Waals surface area contributed by atoms with Gasteiger partial charge in [0.15, 0.2) is 0 Å². The summed E-state index contributed by atoms with van der Waals surface area (Å²) in [6, 6.07) is 2.09. The maximum atomic E-state index is 11.4. The summed E-state index contributed by atoms with van der Waals surface area (Å²) >= 11 is 0. The molecule has 0 saturated heterocycles. The van der Waals surface area contributed by atoms with Crippen LogP contribution in [0.25, 0.3) is 6.08 Å². The molecule has 4 saturated carbocycles. The molecule has 4 fully saturated rings. The van der Waals surface area contributed by atoms with Gasteiger partial charge in [0, 0.05) is 18.2 Å². The van der Waals surface area contributed by atoms with Gasteiger partial charge in [0.1, 0.15) is 0 Å². The zero-order valence-corrected chi connectivity index (χ0v) is 18.0. The highest BCUT2D eigenvalue weighted by atomic mass is 16.3. The number of aliphatic hydroxyl groups excluding tert-OH is 1. The van der Waals surface area contributed by atoms with E-state index in [9.17, 15) is 5.11 Å². The van der Waals surface area contributed by atoms with Crippen LogP contribution >= 0.6 is 0 Å². The molecule has 28 heavy (non-hydrogen) atoms. The predicted molar refractivity (Wildman–Crippen MR) is 114 cm³/mol. The quantitative estimate of drug-likeness (QED) is 0.713. The van der Waals surface area contributed by atoms with E-state index in [1.54, 1.807) is 0 Å². The summed E-state index contributed by atoms with van der Waals surface area (Å²) in [6.07, 6.45) is 16.1. The molecular formula is C25H38N2O. The fraction of sp³-hybridized carbons (Fsp3) is 0.800. The van der Waals surface area contributed by atoms with Gasteiger partial charge in [-0.25, -0.2) is 0 Å². The minimum Gasteiger partial charge on any atom is -0.388 e. The first-order valence-electron chi connectivity index (χ1n) is 11.9. The van der Waals surface area contributed by atoms with E-state index >= 15 is 0 Å². The predicted octanol–water partition coefficient (Wildman–Crippen LogP) is 5.69. The Bertz CT molecular complexity index is 766. The molecule has 1 aromatic rings. The van der Waals surface area contributed by atoms with Crippen LogP contribution in [-0.2, 0) is 6.54 Å². The van der Waals surface area contributed by atoms with Gasteiger partial charge in [0.25, 0.3) is 0 Å². The minimum atomic E-state index is -0.282. The number of aromatic nitrogens is 2. The number of fused-ring (bicyclic) bond motifs is 5. The normalized spacial score (nSPS) is 46.9. The highest BCUT2D eigenvalue weighted by molar-refractivity contribution is 5.52. The lowest BCUT2D eigenvalue weighted by Crippen LogP contribution is -2.53. The summed E-state index contributed by atoms with van der Waals surface area (Å²) in [6.45, 7) is 8.05. The molecule has 0 radical (unpaired) electrons. The number of hydrogen-bond acceptors (Lipinski definition) is 2. The number of nitrogens with zero attached hydrogens (tertiary/aromatic N) is 2. The van der Waals surface area contributed by atoms with Gasteiger partial charge in [0.05, 0.1) is 11.8 Å². The monoisotopic (exact) mass is 382 g/mol. The van der Waals surface area contributed by atoms with E-state index in [0.29, 0.717) is 11.3 Å². The molecule has 1 N–H and O–H groups in total. The maximum absolute atomic E-state index is 11.4. The van der Waals surface area contributed by atoms with Crippen molar-refractivity contribution in [3.05, 3.63) is 23.5 Å². The lowest BCUT2D eigenvalue weighted by molar-refractivity contribution is -0.119. The van der Waals surface area contributed by atoms with Crippen LogP contribution in [0, 0.1) is 34.5 Å². The van der Waals surface area contributed by atoms with Crippen LogP contribution in [0.5, 0.6) is 0 Å². The molecule has 0 amide bonds. The Labute approximate surface area is 170 Å². The molecule has 7 atom stereocenters. The SMILES string of the molecule is CCn1nccc1/C=C1/CC2C3CCC4CCCCC4(C)C3CCC2(C)C1O. The molecule has 154 valence electrons. The average molecular weight is 383 g/mol. The Balaban J connectivity index is 1.46. The first-order valence-corrected chi connectivity index (χ1v) is 11.9. The van der Waals surface area contributed by atoms with E-state index in [1.165, 1.54) is 56.9 Å². The third-order valence-electron chi connectivity index (χ3n) is 9.83. The van der Waals surface area contributed by atoms with Crippen molar-refractivity contribution in [2.24, 2.45) is 34.5 Å². The van der Waals surface area contributed by atoms with Crippen LogP contribution < -0.4 is 0 Å². The van der Waals surface area contributed by atoms with Gasteiger partial charge in [0.2, 0.25) is 0 Å². The van der Waals surface area contributed by atoms with E-state index in [2.05, 4.69) is 38.0 Å². The van der Waals surface area contributed by atoms with Crippen LogP contribution in [-0.4, -0.2) is 21.0 Å². The van der Waals surface area contributed by atoms with Crippen molar-refractivity contribution >= 4 is 6.08 Å². The number of aliphatic hydroxyl groups is 1. The van der Waals surface area contributed by atoms with Gasteiger partial charge in [-0.3, -0.25) is 4.68 Å². The fourth-order valence-corrected chi connectivity index (χ4v) is 8.21. The van der Waals surface area contributed by atoms with Gasteiger partial charge in [-0.2, -0.15) is 5.10 Å². The number of hydrogen-bond donors (Lipinski definition) is 1. The average Bonchev–Trinajstić information content (AvgIpc) is 3.24. The Hall–Kier alpha value is -1.09. The van der Waals surface area contributed by atoms with E-state index in [0.717, 1.165) is 36.4 Å². The van der Waals surface area contributed by atoms with Crippen LogP contribution in [0.4, 0.5) is 0 Å². The van der Waals surface area contributed by atoms with Crippen molar-refractivity contribution in [3.63, 3.8) is 0 Å². The Morgan fingerprint density at radius 2 is 1.96 bits per heavy atom. The van der Waals surface area contributed by atoms with Gasteiger partial charge < -0.3 is 5.11 Å². The molecule has 4 aliphatic carbocycles. The molecule has 1 heterocycles. The van der Waals surface area contributed by atoms with E-state index in [-0.39, 0.29) is 11.5 Å². The van der Waals surface area contributed by atoms with E-state index in [1.807, 2.05) is 10.9 Å². The Kier molecular flexibility index (Phi) is 4.54. The maximum Gasteiger partial charge on any atom is 0.0810 e.